The first-order chi connectivity index (χ1) is 8.29. The predicted octanol–water partition coefficient (Wildman–Crippen LogP) is 1.92. The Labute approximate surface area is 101 Å². The Bertz CT molecular complexity index is 387. The van der Waals surface area contributed by atoms with Crippen molar-refractivity contribution in [2.45, 2.75) is 25.7 Å². The third-order valence-corrected chi connectivity index (χ3v) is 3.20. The Kier molecular flexibility index (Phi) is 3.91. The third-order valence-electron chi connectivity index (χ3n) is 3.20. The molecule has 0 aliphatic heterocycles. The van der Waals surface area contributed by atoms with Gasteiger partial charge in [0.2, 0.25) is 0 Å². The Morgan fingerprint density at radius 1 is 1.29 bits per heavy atom. The fourth-order valence-electron chi connectivity index (χ4n) is 2.38. The molecule has 0 amide bonds. The maximum Gasteiger partial charge on any atom is 0.306 e. The summed E-state index contributed by atoms with van der Waals surface area (Å²) >= 11 is 0. The maximum absolute atomic E-state index is 11.3. The minimum absolute atomic E-state index is 0.121. The lowest BCUT2D eigenvalue weighted by molar-refractivity contribution is -0.145. The van der Waals surface area contributed by atoms with E-state index in [2.05, 4.69) is 24.3 Å². The lowest BCUT2D eigenvalue weighted by atomic mass is 10.0. The van der Waals surface area contributed by atoms with Gasteiger partial charge >= 0.3 is 5.97 Å². The molecule has 3 heteroatoms. The molecule has 1 aromatic carbocycles. The molecule has 0 spiro atoms. The van der Waals surface area contributed by atoms with Gasteiger partial charge in [0.25, 0.3) is 0 Å². The van der Waals surface area contributed by atoms with Crippen LogP contribution in [0.3, 0.4) is 0 Å². The second kappa shape index (κ2) is 5.62. The number of benzene rings is 1. The highest BCUT2D eigenvalue weighted by atomic mass is 16.5. The molecular formula is C14H16O3. The molecule has 0 N–H and O–H groups in total. The highest BCUT2D eigenvalue weighted by Gasteiger charge is 2.21. The van der Waals surface area contributed by atoms with Crippen molar-refractivity contribution in [1.82, 2.24) is 0 Å². The SMILES string of the molecule is O=CCOC(=O)CCC1Cc2ccccc2C1. The van der Waals surface area contributed by atoms with Crippen LogP contribution in [0.2, 0.25) is 0 Å². The van der Waals surface area contributed by atoms with E-state index in [4.69, 9.17) is 4.74 Å². The van der Waals surface area contributed by atoms with Crippen LogP contribution in [0.25, 0.3) is 0 Å². The molecule has 0 saturated carbocycles. The number of hydrogen-bond donors (Lipinski definition) is 0. The number of esters is 1. The second-order valence-electron chi connectivity index (χ2n) is 4.43. The van der Waals surface area contributed by atoms with Gasteiger partial charge < -0.3 is 4.74 Å². The molecule has 2 rings (SSSR count). The predicted molar refractivity (Wildman–Crippen MR) is 63.6 cm³/mol. The maximum atomic E-state index is 11.3. The Morgan fingerprint density at radius 3 is 2.53 bits per heavy atom. The molecular weight excluding hydrogens is 216 g/mol. The monoisotopic (exact) mass is 232 g/mol. The van der Waals surface area contributed by atoms with Crippen molar-refractivity contribution in [2.75, 3.05) is 6.61 Å². The van der Waals surface area contributed by atoms with Crippen molar-refractivity contribution < 1.29 is 14.3 Å². The minimum atomic E-state index is -0.270. The molecule has 17 heavy (non-hydrogen) atoms. The van der Waals surface area contributed by atoms with Crippen molar-refractivity contribution in [2.24, 2.45) is 5.92 Å². The molecule has 1 aromatic rings. The van der Waals surface area contributed by atoms with E-state index in [0.717, 1.165) is 19.3 Å². The molecule has 1 aliphatic rings. The zero-order chi connectivity index (χ0) is 12.1. The zero-order valence-electron chi connectivity index (χ0n) is 9.72. The van der Waals surface area contributed by atoms with Gasteiger partial charge in [0, 0.05) is 6.42 Å². The summed E-state index contributed by atoms with van der Waals surface area (Å²) in [5.74, 6) is 0.268. The standard InChI is InChI=1S/C14H16O3/c15-7-8-17-14(16)6-5-11-9-12-3-1-2-4-13(12)10-11/h1-4,7,11H,5-6,8-10H2. The summed E-state index contributed by atoms with van der Waals surface area (Å²) in [6.45, 7) is -0.121. The fraction of sp³-hybridized carbons (Fsp3) is 0.429. The van der Waals surface area contributed by atoms with Crippen LogP contribution in [0.15, 0.2) is 24.3 Å². The van der Waals surface area contributed by atoms with Crippen LogP contribution in [0.1, 0.15) is 24.0 Å². The second-order valence-corrected chi connectivity index (χ2v) is 4.43. The molecule has 0 bridgehead atoms. The molecule has 0 unspecified atom stereocenters. The van der Waals surface area contributed by atoms with Gasteiger partial charge in [-0.05, 0) is 36.3 Å². The smallest absolute Gasteiger partial charge is 0.306 e. The first-order valence-corrected chi connectivity index (χ1v) is 5.95. The molecule has 1 aliphatic carbocycles. The van der Waals surface area contributed by atoms with Gasteiger partial charge in [-0.2, -0.15) is 0 Å². The van der Waals surface area contributed by atoms with Gasteiger partial charge in [-0.1, -0.05) is 24.3 Å². The number of fused-ring (bicyclic) bond motifs is 1. The van der Waals surface area contributed by atoms with E-state index in [-0.39, 0.29) is 12.6 Å². The normalized spacial score (nSPS) is 14.4. The van der Waals surface area contributed by atoms with Crippen LogP contribution in [0, 0.1) is 5.92 Å². The summed E-state index contributed by atoms with van der Waals surface area (Å²) < 4.78 is 4.72. The molecule has 90 valence electrons. The number of hydrogen-bond acceptors (Lipinski definition) is 3. The average molecular weight is 232 g/mol. The van der Waals surface area contributed by atoms with Crippen molar-refractivity contribution in [3.05, 3.63) is 35.4 Å². The Hall–Kier alpha value is -1.64. The first kappa shape index (κ1) is 11.8. The van der Waals surface area contributed by atoms with E-state index in [1.54, 1.807) is 0 Å². The van der Waals surface area contributed by atoms with E-state index in [1.165, 1.54) is 11.1 Å². The fourth-order valence-corrected chi connectivity index (χ4v) is 2.38. The Morgan fingerprint density at radius 2 is 1.94 bits per heavy atom. The summed E-state index contributed by atoms with van der Waals surface area (Å²) in [6, 6.07) is 8.42. The Balaban J connectivity index is 1.76. The van der Waals surface area contributed by atoms with Crippen LogP contribution in [0.4, 0.5) is 0 Å². The van der Waals surface area contributed by atoms with E-state index >= 15 is 0 Å². The summed E-state index contributed by atoms with van der Waals surface area (Å²) in [5.41, 5.74) is 2.80. The molecule has 0 radical (unpaired) electrons. The van der Waals surface area contributed by atoms with Gasteiger partial charge in [-0.3, -0.25) is 9.59 Å². The van der Waals surface area contributed by atoms with Crippen LogP contribution in [-0.2, 0) is 27.2 Å². The summed E-state index contributed by atoms with van der Waals surface area (Å²) in [6.07, 6.45) is 3.95. The molecule has 0 fully saturated rings. The summed E-state index contributed by atoms with van der Waals surface area (Å²) in [4.78, 5) is 21.3. The first-order valence-electron chi connectivity index (χ1n) is 5.95. The van der Waals surface area contributed by atoms with Gasteiger partial charge in [0.05, 0.1) is 0 Å². The van der Waals surface area contributed by atoms with Crippen molar-refractivity contribution in [1.29, 1.82) is 0 Å². The van der Waals surface area contributed by atoms with E-state index in [1.807, 2.05) is 0 Å². The number of rotatable bonds is 5. The van der Waals surface area contributed by atoms with Crippen LogP contribution >= 0.6 is 0 Å². The minimum Gasteiger partial charge on any atom is -0.458 e. The number of aldehydes is 1. The number of carbonyl (C=O) groups excluding carboxylic acids is 2. The summed E-state index contributed by atoms with van der Waals surface area (Å²) in [7, 11) is 0. The molecule has 3 nitrogen and oxygen atoms in total. The van der Waals surface area contributed by atoms with Gasteiger partial charge in [0.15, 0.2) is 6.29 Å². The van der Waals surface area contributed by atoms with Gasteiger partial charge in [-0.25, -0.2) is 0 Å². The molecule has 0 atom stereocenters. The van der Waals surface area contributed by atoms with Crippen LogP contribution in [0.5, 0.6) is 0 Å². The summed E-state index contributed by atoms with van der Waals surface area (Å²) in [5, 5.41) is 0. The van der Waals surface area contributed by atoms with Gasteiger partial charge in [0.1, 0.15) is 6.61 Å². The number of carbonyl (C=O) groups is 2. The van der Waals surface area contributed by atoms with Gasteiger partial charge in [-0.15, -0.1) is 0 Å². The van der Waals surface area contributed by atoms with Crippen LogP contribution < -0.4 is 0 Å². The largest absolute Gasteiger partial charge is 0.458 e. The van der Waals surface area contributed by atoms with E-state index in [9.17, 15) is 9.59 Å². The quantitative estimate of drug-likeness (QED) is 0.575. The van der Waals surface area contributed by atoms with E-state index < -0.39 is 0 Å². The zero-order valence-corrected chi connectivity index (χ0v) is 9.72. The van der Waals surface area contributed by atoms with Crippen molar-refractivity contribution in [3.8, 4) is 0 Å². The molecule has 0 aromatic heterocycles. The van der Waals surface area contributed by atoms with Crippen LogP contribution in [-0.4, -0.2) is 18.9 Å². The van der Waals surface area contributed by atoms with Crippen molar-refractivity contribution >= 4 is 12.3 Å². The van der Waals surface area contributed by atoms with E-state index in [0.29, 0.717) is 18.6 Å². The lowest BCUT2D eigenvalue weighted by Crippen LogP contribution is -2.09. The lowest BCUT2D eigenvalue weighted by Gasteiger charge is -2.07. The third kappa shape index (κ3) is 3.16. The topological polar surface area (TPSA) is 43.4 Å². The molecule has 0 heterocycles. The average Bonchev–Trinajstić information content (AvgIpc) is 2.76. The highest BCUT2D eigenvalue weighted by Crippen LogP contribution is 2.29. The highest BCUT2D eigenvalue weighted by molar-refractivity contribution is 5.71. The van der Waals surface area contributed by atoms with Crippen molar-refractivity contribution in [3.63, 3.8) is 0 Å². The number of ether oxygens (including phenoxy) is 1. The molecule has 0 saturated heterocycles.